The van der Waals surface area contributed by atoms with Crippen LogP contribution < -0.4 is 5.32 Å². The summed E-state index contributed by atoms with van der Waals surface area (Å²) in [5.41, 5.74) is 1.42. The zero-order valence-corrected chi connectivity index (χ0v) is 9.98. The fourth-order valence-electron chi connectivity index (χ4n) is 1.46. The Balaban J connectivity index is 2.14. The van der Waals surface area contributed by atoms with Crippen molar-refractivity contribution in [2.75, 3.05) is 5.32 Å². The minimum absolute atomic E-state index is 0.144. The van der Waals surface area contributed by atoms with Crippen LogP contribution in [-0.2, 0) is 13.5 Å². The second-order valence-electron chi connectivity index (χ2n) is 3.72. The molecule has 7 heteroatoms. The predicted octanol–water partition coefficient (Wildman–Crippen LogP) is 0.661. The third kappa shape index (κ3) is 2.32. The molecule has 2 heterocycles. The van der Waals surface area contributed by atoms with Crippen LogP contribution in [-0.4, -0.2) is 30.9 Å². The summed E-state index contributed by atoms with van der Waals surface area (Å²) in [6, 6.07) is 0. The quantitative estimate of drug-likeness (QED) is 0.816. The van der Waals surface area contributed by atoms with E-state index in [1.807, 2.05) is 13.8 Å². The Kier molecular flexibility index (Phi) is 2.90. The topological polar surface area (TPSA) is 88.5 Å². The molecule has 0 bridgehead atoms. The van der Waals surface area contributed by atoms with Crippen molar-refractivity contribution in [3.8, 4) is 0 Å². The summed E-state index contributed by atoms with van der Waals surface area (Å²) in [4.78, 5) is 15.9. The maximum absolute atomic E-state index is 11.8. The molecule has 0 radical (unpaired) electrons. The molecular weight excluding hydrogens is 220 g/mol. The van der Waals surface area contributed by atoms with Crippen LogP contribution >= 0.6 is 0 Å². The first-order valence-electron chi connectivity index (χ1n) is 5.33. The number of aryl methyl sites for hydroxylation is 3. The first-order valence-corrected chi connectivity index (χ1v) is 5.33. The number of carbonyl (C=O) groups excluding carboxylic acids is 1. The van der Waals surface area contributed by atoms with Crippen LogP contribution in [0.1, 0.15) is 29.1 Å². The molecule has 0 unspecified atom stereocenters. The highest BCUT2D eigenvalue weighted by molar-refractivity contribution is 6.01. The van der Waals surface area contributed by atoms with Crippen LogP contribution in [0.4, 0.5) is 5.69 Å². The van der Waals surface area contributed by atoms with Crippen LogP contribution in [0.15, 0.2) is 6.20 Å². The van der Waals surface area contributed by atoms with Gasteiger partial charge < -0.3 is 5.32 Å². The average molecular weight is 234 g/mol. The fraction of sp³-hybridized carbons (Fsp3) is 0.400. The molecule has 0 fully saturated rings. The van der Waals surface area contributed by atoms with Crippen molar-refractivity contribution < 1.29 is 4.79 Å². The van der Waals surface area contributed by atoms with Gasteiger partial charge in [0.15, 0.2) is 0 Å². The number of carbonyl (C=O) groups is 1. The summed E-state index contributed by atoms with van der Waals surface area (Å²) in [5.74, 6) is 0.500. The summed E-state index contributed by atoms with van der Waals surface area (Å²) in [6.45, 7) is 3.76. The number of aromatic nitrogens is 5. The van der Waals surface area contributed by atoms with Crippen LogP contribution in [0.5, 0.6) is 0 Å². The van der Waals surface area contributed by atoms with Crippen LogP contribution in [0.2, 0.25) is 0 Å². The van der Waals surface area contributed by atoms with E-state index in [-0.39, 0.29) is 11.7 Å². The highest BCUT2D eigenvalue weighted by Crippen LogP contribution is 2.12. The van der Waals surface area contributed by atoms with Gasteiger partial charge in [-0.2, -0.15) is 5.10 Å². The van der Waals surface area contributed by atoms with E-state index < -0.39 is 0 Å². The number of rotatable bonds is 3. The molecule has 0 spiro atoms. The molecule has 17 heavy (non-hydrogen) atoms. The van der Waals surface area contributed by atoms with Gasteiger partial charge in [-0.25, -0.2) is 4.98 Å². The summed E-state index contributed by atoms with van der Waals surface area (Å²) in [7, 11) is 1.80. The molecule has 2 aromatic rings. The zero-order valence-electron chi connectivity index (χ0n) is 9.98. The monoisotopic (exact) mass is 234 g/mol. The maximum Gasteiger partial charge on any atom is 0.295 e. The van der Waals surface area contributed by atoms with E-state index >= 15 is 0 Å². The maximum atomic E-state index is 11.8. The second kappa shape index (κ2) is 4.36. The third-order valence-corrected chi connectivity index (χ3v) is 2.33. The molecule has 0 aliphatic carbocycles. The van der Waals surface area contributed by atoms with Crippen molar-refractivity contribution in [1.82, 2.24) is 25.0 Å². The Morgan fingerprint density at radius 3 is 2.88 bits per heavy atom. The Bertz CT molecular complexity index is 541. The molecular formula is C10H14N6O. The Morgan fingerprint density at radius 2 is 2.35 bits per heavy atom. The molecule has 0 saturated carbocycles. The fourth-order valence-corrected chi connectivity index (χ4v) is 1.46. The van der Waals surface area contributed by atoms with Crippen molar-refractivity contribution in [1.29, 1.82) is 0 Å². The number of anilines is 1. The van der Waals surface area contributed by atoms with E-state index in [0.29, 0.717) is 17.9 Å². The summed E-state index contributed by atoms with van der Waals surface area (Å²) in [5, 5.41) is 13.4. The van der Waals surface area contributed by atoms with Gasteiger partial charge >= 0.3 is 0 Å². The Morgan fingerprint density at radius 1 is 1.59 bits per heavy atom. The number of amides is 1. The minimum Gasteiger partial charge on any atom is -0.316 e. The van der Waals surface area contributed by atoms with Crippen molar-refractivity contribution in [2.24, 2.45) is 7.05 Å². The van der Waals surface area contributed by atoms with Gasteiger partial charge in [-0.05, 0) is 6.92 Å². The van der Waals surface area contributed by atoms with E-state index in [9.17, 15) is 4.79 Å². The molecule has 0 aliphatic rings. The minimum atomic E-state index is -0.336. The first kappa shape index (κ1) is 11.3. The lowest BCUT2D eigenvalue weighted by Gasteiger charge is -1.98. The number of nitrogens with one attached hydrogen (secondary N) is 2. The molecule has 1 amide bonds. The molecule has 7 nitrogen and oxygen atoms in total. The summed E-state index contributed by atoms with van der Waals surface area (Å²) in [6.07, 6.45) is 2.45. The average Bonchev–Trinajstić information content (AvgIpc) is 2.86. The number of H-pyrrole nitrogens is 1. The van der Waals surface area contributed by atoms with E-state index in [1.165, 1.54) is 0 Å². The van der Waals surface area contributed by atoms with Gasteiger partial charge in [-0.1, -0.05) is 6.92 Å². The van der Waals surface area contributed by atoms with Crippen molar-refractivity contribution >= 4 is 11.6 Å². The number of hydrogen-bond donors (Lipinski definition) is 2. The van der Waals surface area contributed by atoms with Gasteiger partial charge in [0.1, 0.15) is 5.82 Å². The summed E-state index contributed by atoms with van der Waals surface area (Å²) >= 11 is 0. The standard InChI is InChI=1S/C10H14N6O/c1-4-8-12-9(14-13-8)10(17)11-7-5-16(3)15-6(7)2/h5H,4H2,1-3H3,(H,11,17)(H,12,13,14). The highest BCUT2D eigenvalue weighted by Gasteiger charge is 2.14. The molecule has 0 atom stereocenters. The first-order chi connectivity index (χ1) is 8.10. The van der Waals surface area contributed by atoms with Gasteiger partial charge in [0, 0.05) is 19.7 Å². The van der Waals surface area contributed by atoms with Crippen molar-refractivity contribution in [3.63, 3.8) is 0 Å². The SMILES string of the molecule is CCc1nc(C(=O)Nc2cn(C)nc2C)n[nH]1. The van der Waals surface area contributed by atoms with Gasteiger partial charge in [0.2, 0.25) is 5.82 Å². The summed E-state index contributed by atoms with van der Waals surface area (Å²) < 4.78 is 1.64. The Hall–Kier alpha value is -2.18. The molecule has 0 aliphatic heterocycles. The zero-order chi connectivity index (χ0) is 12.4. The lowest BCUT2D eigenvalue weighted by Crippen LogP contribution is -2.14. The molecule has 0 saturated heterocycles. The molecule has 90 valence electrons. The smallest absolute Gasteiger partial charge is 0.295 e. The lowest BCUT2D eigenvalue weighted by molar-refractivity contribution is 0.101. The van der Waals surface area contributed by atoms with Crippen LogP contribution in [0, 0.1) is 6.92 Å². The third-order valence-electron chi connectivity index (χ3n) is 2.33. The lowest BCUT2D eigenvalue weighted by atomic mass is 10.4. The van der Waals surface area contributed by atoms with Crippen LogP contribution in [0.3, 0.4) is 0 Å². The van der Waals surface area contributed by atoms with E-state index in [2.05, 4.69) is 25.6 Å². The van der Waals surface area contributed by atoms with Crippen LogP contribution in [0.25, 0.3) is 0 Å². The predicted molar refractivity (Wildman–Crippen MR) is 61.7 cm³/mol. The molecule has 2 aromatic heterocycles. The highest BCUT2D eigenvalue weighted by atomic mass is 16.2. The van der Waals surface area contributed by atoms with E-state index in [4.69, 9.17) is 0 Å². The molecule has 0 aromatic carbocycles. The van der Waals surface area contributed by atoms with Crippen molar-refractivity contribution in [2.45, 2.75) is 20.3 Å². The number of nitrogens with zero attached hydrogens (tertiary/aromatic N) is 4. The van der Waals surface area contributed by atoms with Gasteiger partial charge in [0.05, 0.1) is 11.4 Å². The van der Waals surface area contributed by atoms with Gasteiger partial charge in [0.25, 0.3) is 5.91 Å². The van der Waals surface area contributed by atoms with Gasteiger partial charge in [-0.3, -0.25) is 14.6 Å². The normalized spacial score (nSPS) is 10.5. The van der Waals surface area contributed by atoms with E-state index in [1.54, 1.807) is 17.9 Å². The Labute approximate surface area is 98.2 Å². The number of aromatic amines is 1. The molecule has 2 N–H and O–H groups in total. The number of hydrogen-bond acceptors (Lipinski definition) is 4. The van der Waals surface area contributed by atoms with Crippen molar-refractivity contribution in [3.05, 3.63) is 23.5 Å². The van der Waals surface area contributed by atoms with E-state index in [0.717, 1.165) is 5.69 Å². The van der Waals surface area contributed by atoms with Gasteiger partial charge in [-0.15, -0.1) is 5.10 Å². The largest absolute Gasteiger partial charge is 0.316 e. The second-order valence-corrected chi connectivity index (χ2v) is 3.72. The molecule has 2 rings (SSSR count).